The van der Waals surface area contributed by atoms with Crippen molar-refractivity contribution in [3.05, 3.63) is 0 Å². The summed E-state index contributed by atoms with van der Waals surface area (Å²) in [4.78, 5) is 0. The Morgan fingerprint density at radius 3 is 2.78 bits per heavy atom. The molecule has 2 atom stereocenters. The molecule has 0 N–H and O–H groups in total. The van der Waals surface area contributed by atoms with E-state index in [1.807, 2.05) is 6.92 Å². The van der Waals surface area contributed by atoms with Crippen molar-refractivity contribution >= 4 is 12.6 Å². The van der Waals surface area contributed by atoms with Crippen molar-refractivity contribution in [1.29, 1.82) is 0 Å². The number of thiol groups is 1. The first kappa shape index (κ1) is 7.42. The highest BCUT2D eigenvalue weighted by atomic mass is 32.1. The number of hydrogen-bond acceptors (Lipinski definition) is 2. The lowest BCUT2D eigenvalue weighted by Crippen LogP contribution is -2.07. The Labute approximate surface area is 62.2 Å². The van der Waals surface area contributed by atoms with Crippen LogP contribution in [0.15, 0.2) is 0 Å². The van der Waals surface area contributed by atoms with Gasteiger partial charge in [-0.25, -0.2) is 0 Å². The van der Waals surface area contributed by atoms with E-state index in [0.717, 1.165) is 13.0 Å². The van der Waals surface area contributed by atoms with Gasteiger partial charge in [0.1, 0.15) is 0 Å². The molecule has 2 unspecified atom stereocenters. The number of hydrogen-bond donors (Lipinski definition) is 1. The first-order chi connectivity index (χ1) is 4.33. The standard InChI is InChI=1S/C7H14OS/c1-2-8-6-3-4-7(9)5-6/h6-7,9H,2-5H2,1H3. The maximum Gasteiger partial charge on any atom is 0.0585 e. The van der Waals surface area contributed by atoms with E-state index in [1.54, 1.807) is 0 Å². The zero-order chi connectivity index (χ0) is 6.69. The molecule has 0 radical (unpaired) electrons. The molecule has 1 nitrogen and oxygen atoms in total. The second-order valence-electron chi connectivity index (χ2n) is 2.54. The van der Waals surface area contributed by atoms with E-state index in [0.29, 0.717) is 11.4 Å². The first-order valence-electron chi connectivity index (χ1n) is 3.62. The third kappa shape index (κ3) is 2.18. The highest BCUT2D eigenvalue weighted by Crippen LogP contribution is 2.25. The van der Waals surface area contributed by atoms with Gasteiger partial charge >= 0.3 is 0 Å². The molecule has 9 heavy (non-hydrogen) atoms. The first-order valence-corrected chi connectivity index (χ1v) is 4.14. The second kappa shape index (κ2) is 3.47. The van der Waals surface area contributed by atoms with Crippen LogP contribution in [0.25, 0.3) is 0 Å². The van der Waals surface area contributed by atoms with Crippen molar-refractivity contribution in [2.24, 2.45) is 0 Å². The zero-order valence-corrected chi connectivity index (χ0v) is 6.73. The molecule has 0 aromatic heterocycles. The van der Waals surface area contributed by atoms with E-state index < -0.39 is 0 Å². The molecule has 0 amide bonds. The lowest BCUT2D eigenvalue weighted by atomic mass is 10.3. The molecule has 0 aromatic carbocycles. The molecule has 0 heterocycles. The van der Waals surface area contributed by atoms with Crippen LogP contribution in [-0.2, 0) is 4.74 Å². The van der Waals surface area contributed by atoms with E-state index in [4.69, 9.17) is 4.74 Å². The maximum absolute atomic E-state index is 5.42. The van der Waals surface area contributed by atoms with E-state index in [-0.39, 0.29) is 0 Å². The molecule has 1 saturated carbocycles. The third-order valence-electron chi connectivity index (χ3n) is 1.76. The van der Waals surface area contributed by atoms with Crippen LogP contribution in [0.4, 0.5) is 0 Å². The van der Waals surface area contributed by atoms with Gasteiger partial charge in [-0.05, 0) is 26.2 Å². The predicted molar refractivity (Wildman–Crippen MR) is 42.0 cm³/mol. The van der Waals surface area contributed by atoms with Gasteiger partial charge in [0, 0.05) is 11.9 Å². The molecule has 1 fully saturated rings. The van der Waals surface area contributed by atoms with Crippen LogP contribution in [-0.4, -0.2) is 18.0 Å². The highest BCUT2D eigenvalue weighted by Gasteiger charge is 2.21. The predicted octanol–water partition coefficient (Wildman–Crippen LogP) is 1.87. The molecular weight excluding hydrogens is 132 g/mol. The minimum atomic E-state index is 0.512. The van der Waals surface area contributed by atoms with Crippen LogP contribution in [0.3, 0.4) is 0 Å². The monoisotopic (exact) mass is 146 g/mol. The van der Waals surface area contributed by atoms with Crippen LogP contribution in [0.5, 0.6) is 0 Å². The summed E-state index contributed by atoms with van der Waals surface area (Å²) in [6.07, 6.45) is 4.10. The van der Waals surface area contributed by atoms with E-state index in [9.17, 15) is 0 Å². The zero-order valence-electron chi connectivity index (χ0n) is 5.84. The summed E-state index contributed by atoms with van der Waals surface area (Å²) in [5.74, 6) is 0. The van der Waals surface area contributed by atoms with Gasteiger partial charge in [-0.15, -0.1) is 0 Å². The summed E-state index contributed by atoms with van der Waals surface area (Å²) in [5, 5.41) is 0.599. The molecule has 0 bridgehead atoms. The fourth-order valence-electron chi connectivity index (χ4n) is 1.30. The smallest absolute Gasteiger partial charge is 0.0585 e. The summed E-state index contributed by atoms with van der Waals surface area (Å²) in [6.45, 7) is 2.90. The average Bonchev–Trinajstić information content (AvgIpc) is 2.17. The van der Waals surface area contributed by atoms with Crippen LogP contribution in [0.1, 0.15) is 26.2 Å². The average molecular weight is 146 g/mol. The Morgan fingerprint density at radius 2 is 2.33 bits per heavy atom. The van der Waals surface area contributed by atoms with Crippen molar-refractivity contribution in [3.8, 4) is 0 Å². The Morgan fingerprint density at radius 1 is 1.56 bits per heavy atom. The van der Waals surface area contributed by atoms with Crippen LogP contribution in [0, 0.1) is 0 Å². The van der Waals surface area contributed by atoms with Gasteiger partial charge in [-0.1, -0.05) is 0 Å². The third-order valence-corrected chi connectivity index (χ3v) is 2.23. The molecule has 0 spiro atoms. The molecule has 1 aliphatic rings. The van der Waals surface area contributed by atoms with Crippen molar-refractivity contribution in [2.75, 3.05) is 6.61 Å². The normalized spacial score (nSPS) is 35.3. The van der Waals surface area contributed by atoms with Crippen LogP contribution < -0.4 is 0 Å². The molecule has 0 aromatic rings. The van der Waals surface area contributed by atoms with Gasteiger partial charge in [0.25, 0.3) is 0 Å². The second-order valence-corrected chi connectivity index (χ2v) is 3.27. The van der Waals surface area contributed by atoms with Gasteiger partial charge in [0.05, 0.1) is 6.10 Å². The quantitative estimate of drug-likeness (QED) is 0.585. The Hall–Kier alpha value is 0.310. The van der Waals surface area contributed by atoms with Gasteiger partial charge in [0.2, 0.25) is 0 Å². The van der Waals surface area contributed by atoms with Crippen molar-refractivity contribution < 1.29 is 4.74 Å². The summed E-state index contributed by atoms with van der Waals surface area (Å²) in [6, 6.07) is 0. The Bertz CT molecular complexity index is 83.0. The van der Waals surface area contributed by atoms with Gasteiger partial charge in [0.15, 0.2) is 0 Å². The summed E-state index contributed by atoms with van der Waals surface area (Å²) < 4.78 is 5.42. The van der Waals surface area contributed by atoms with Gasteiger partial charge < -0.3 is 4.74 Å². The minimum absolute atomic E-state index is 0.512. The van der Waals surface area contributed by atoms with Crippen molar-refractivity contribution in [2.45, 2.75) is 37.5 Å². The lowest BCUT2D eigenvalue weighted by molar-refractivity contribution is 0.0688. The van der Waals surface area contributed by atoms with Gasteiger partial charge in [-0.3, -0.25) is 0 Å². The number of rotatable bonds is 2. The molecule has 2 heteroatoms. The van der Waals surface area contributed by atoms with E-state index in [1.165, 1.54) is 12.8 Å². The fourth-order valence-corrected chi connectivity index (χ4v) is 1.69. The molecule has 0 aliphatic heterocycles. The van der Waals surface area contributed by atoms with E-state index in [2.05, 4.69) is 12.6 Å². The number of ether oxygens (including phenoxy) is 1. The molecular formula is C7H14OS. The SMILES string of the molecule is CCOC1CCC(S)C1. The van der Waals surface area contributed by atoms with Crippen molar-refractivity contribution in [3.63, 3.8) is 0 Å². The van der Waals surface area contributed by atoms with Crippen LogP contribution >= 0.6 is 12.6 Å². The Kier molecular flexibility index (Phi) is 2.86. The summed E-state index contributed by atoms with van der Waals surface area (Å²) in [7, 11) is 0. The maximum atomic E-state index is 5.42. The molecule has 0 saturated heterocycles. The minimum Gasteiger partial charge on any atom is -0.378 e. The topological polar surface area (TPSA) is 9.23 Å². The Balaban J connectivity index is 2.14. The van der Waals surface area contributed by atoms with E-state index >= 15 is 0 Å². The summed E-state index contributed by atoms with van der Waals surface area (Å²) in [5.41, 5.74) is 0. The van der Waals surface area contributed by atoms with Crippen molar-refractivity contribution in [1.82, 2.24) is 0 Å². The lowest BCUT2D eigenvalue weighted by Gasteiger charge is -2.07. The highest BCUT2D eigenvalue weighted by molar-refractivity contribution is 7.80. The molecule has 1 aliphatic carbocycles. The van der Waals surface area contributed by atoms with Gasteiger partial charge in [-0.2, -0.15) is 12.6 Å². The summed E-state index contributed by atoms with van der Waals surface area (Å²) >= 11 is 4.36. The molecule has 1 rings (SSSR count). The van der Waals surface area contributed by atoms with Crippen LogP contribution in [0.2, 0.25) is 0 Å². The fraction of sp³-hybridized carbons (Fsp3) is 1.00. The molecule has 54 valence electrons. The largest absolute Gasteiger partial charge is 0.378 e.